The maximum Gasteiger partial charge on any atom is 0.128 e. The molecule has 0 amide bonds. The number of aromatic nitrogens is 3. The normalized spacial score (nSPS) is 11.8. The third kappa shape index (κ3) is 5.02. The molecule has 272 valence electrons. The van der Waals surface area contributed by atoms with E-state index in [0.29, 0.717) is 0 Å². The highest BCUT2D eigenvalue weighted by Gasteiger charge is 2.17. The second kappa shape index (κ2) is 12.9. The van der Waals surface area contributed by atoms with Gasteiger partial charge in [-0.2, -0.15) is 0 Å². The number of rotatable bonds is 6. The highest BCUT2D eigenvalue weighted by atomic mass is 16.5. The molecule has 3 aromatic heterocycles. The fourth-order valence-electron chi connectivity index (χ4n) is 9.13. The molecule has 4 heteroatoms. The van der Waals surface area contributed by atoms with Crippen LogP contribution >= 0.6 is 0 Å². The van der Waals surface area contributed by atoms with Crippen LogP contribution in [-0.4, -0.2) is 13.7 Å². The van der Waals surface area contributed by atoms with E-state index in [4.69, 9.17) is 4.74 Å². The molecule has 0 unspecified atom stereocenters. The Balaban J connectivity index is 0.939. The molecule has 0 fully saturated rings. The van der Waals surface area contributed by atoms with Gasteiger partial charge in [0, 0.05) is 49.4 Å². The molecule has 0 aliphatic carbocycles. The Morgan fingerprint density at radius 3 is 1.14 bits per heavy atom. The van der Waals surface area contributed by atoms with Gasteiger partial charge in [-0.15, -0.1) is 0 Å². The first-order valence-corrected chi connectivity index (χ1v) is 19.8. The second-order valence-corrected chi connectivity index (χ2v) is 15.0. The van der Waals surface area contributed by atoms with Gasteiger partial charge in [-0.3, -0.25) is 0 Å². The molecule has 12 rings (SSSR count). The van der Waals surface area contributed by atoms with E-state index in [0.717, 1.165) is 55.9 Å². The zero-order valence-corrected chi connectivity index (χ0v) is 31.5. The average Bonchev–Trinajstić information content (AvgIpc) is 3.92. The van der Waals surface area contributed by atoms with Crippen LogP contribution in [0.1, 0.15) is 0 Å². The van der Waals surface area contributed by atoms with E-state index >= 15 is 0 Å². The predicted octanol–water partition coefficient (Wildman–Crippen LogP) is 14.4. The van der Waals surface area contributed by atoms with E-state index in [1.54, 1.807) is 0 Å². The maximum atomic E-state index is 6.67. The lowest BCUT2D eigenvalue weighted by atomic mass is 10.0. The molecule has 9 aromatic carbocycles. The van der Waals surface area contributed by atoms with E-state index < -0.39 is 0 Å². The van der Waals surface area contributed by atoms with Crippen molar-refractivity contribution in [3.05, 3.63) is 212 Å². The zero-order valence-electron chi connectivity index (χ0n) is 31.5. The number of fused-ring (bicyclic) bond motifs is 9. The summed E-state index contributed by atoms with van der Waals surface area (Å²) in [4.78, 5) is 0. The molecule has 0 saturated carbocycles. The van der Waals surface area contributed by atoms with E-state index in [-0.39, 0.29) is 0 Å². The van der Waals surface area contributed by atoms with Crippen molar-refractivity contribution < 1.29 is 4.74 Å². The molecular weight excluding hydrogens is 707 g/mol. The van der Waals surface area contributed by atoms with E-state index in [2.05, 4.69) is 226 Å². The lowest BCUT2D eigenvalue weighted by molar-refractivity contribution is 0.484. The van der Waals surface area contributed by atoms with Crippen molar-refractivity contribution in [1.82, 2.24) is 13.7 Å². The van der Waals surface area contributed by atoms with Crippen LogP contribution in [0.5, 0.6) is 11.5 Å². The number of para-hydroxylation sites is 5. The molecule has 0 radical (unpaired) electrons. The summed E-state index contributed by atoms with van der Waals surface area (Å²) in [5.41, 5.74) is 12.8. The SMILES string of the molecule is c1ccc(-n2c3ccccc3c3cc(Oc4ccc5c(c4)c4ccccc4n5-c4cccc(-c5ccc6c(c5)c5ccccc5n6-c5ccccc5)c4)ccc32)cc1. The second-order valence-electron chi connectivity index (χ2n) is 15.0. The fraction of sp³-hybridized carbons (Fsp3) is 0. The van der Waals surface area contributed by atoms with Crippen molar-refractivity contribution in [3.63, 3.8) is 0 Å². The topological polar surface area (TPSA) is 24.0 Å². The van der Waals surface area contributed by atoms with Gasteiger partial charge in [-0.05, 0) is 114 Å². The lowest BCUT2D eigenvalue weighted by Crippen LogP contribution is -1.95. The number of hydrogen-bond donors (Lipinski definition) is 0. The van der Waals surface area contributed by atoms with E-state index in [1.807, 2.05) is 0 Å². The first-order chi connectivity index (χ1) is 28.8. The standard InChI is InChI=1S/C54H35N3O/c1-3-15-38(16-4-1)55-49-23-10-7-20-43(49)46-33-37(26-29-52(46)55)36-14-13-19-40(32-36)57-51-25-12-9-22-45(51)48-35-42(28-31-54(48)57)58-41-27-30-53-47(34-41)44-21-8-11-24-50(44)56(53)39-17-5-2-6-18-39/h1-35H. The smallest absolute Gasteiger partial charge is 0.128 e. The summed E-state index contributed by atoms with van der Waals surface area (Å²) in [6.45, 7) is 0. The number of nitrogens with zero attached hydrogens (tertiary/aromatic N) is 3. The van der Waals surface area contributed by atoms with Crippen molar-refractivity contribution in [2.45, 2.75) is 0 Å². The number of ether oxygens (including phenoxy) is 1. The van der Waals surface area contributed by atoms with E-state index in [9.17, 15) is 0 Å². The molecule has 0 atom stereocenters. The van der Waals surface area contributed by atoms with Gasteiger partial charge in [0.1, 0.15) is 11.5 Å². The van der Waals surface area contributed by atoms with Gasteiger partial charge in [0.2, 0.25) is 0 Å². The Kier molecular flexibility index (Phi) is 7.20. The summed E-state index contributed by atoms with van der Waals surface area (Å²) < 4.78 is 13.7. The summed E-state index contributed by atoms with van der Waals surface area (Å²) in [5, 5.41) is 7.19. The van der Waals surface area contributed by atoms with Gasteiger partial charge in [0.25, 0.3) is 0 Å². The largest absolute Gasteiger partial charge is 0.457 e. The summed E-state index contributed by atoms with van der Waals surface area (Å²) in [6.07, 6.45) is 0. The molecule has 0 N–H and O–H groups in total. The number of hydrogen-bond acceptors (Lipinski definition) is 1. The van der Waals surface area contributed by atoms with Gasteiger partial charge < -0.3 is 18.4 Å². The van der Waals surface area contributed by atoms with Gasteiger partial charge in [-0.25, -0.2) is 0 Å². The Labute approximate surface area is 334 Å². The van der Waals surface area contributed by atoms with Crippen molar-refractivity contribution in [2.75, 3.05) is 0 Å². The zero-order chi connectivity index (χ0) is 38.2. The van der Waals surface area contributed by atoms with Crippen molar-refractivity contribution >= 4 is 65.4 Å². The lowest BCUT2D eigenvalue weighted by Gasteiger charge is -2.12. The third-order valence-electron chi connectivity index (χ3n) is 11.7. The molecule has 0 aliphatic rings. The van der Waals surface area contributed by atoms with Crippen LogP contribution in [0.2, 0.25) is 0 Å². The van der Waals surface area contributed by atoms with Crippen LogP contribution in [0.25, 0.3) is 93.6 Å². The molecule has 4 nitrogen and oxygen atoms in total. The molecule has 0 saturated heterocycles. The summed E-state index contributed by atoms with van der Waals surface area (Å²) >= 11 is 0. The molecule has 3 heterocycles. The Bertz CT molecular complexity index is 3540. The van der Waals surface area contributed by atoms with Crippen LogP contribution in [0, 0.1) is 0 Å². The molecule has 12 aromatic rings. The maximum absolute atomic E-state index is 6.67. The Morgan fingerprint density at radius 2 is 0.621 bits per heavy atom. The molecule has 0 spiro atoms. The Hall–Kier alpha value is -7.82. The van der Waals surface area contributed by atoms with Gasteiger partial charge in [0.15, 0.2) is 0 Å². The van der Waals surface area contributed by atoms with Crippen LogP contribution in [0.4, 0.5) is 0 Å². The minimum atomic E-state index is 0.804. The predicted molar refractivity (Wildman–Crippen MR) is 241 cm³/mol. The van der Waals surface area contributed by atoms with Crippen molar-refractivity contribution in [2.24, 2.45) is 0 Å². The van der Waals surface area contributed by atoms with Crippen molar-refractivity contribution in [1.29, 1.82) is 0 Å². The summed E-state index contributed by atoms with van der Waals surface area (Å²) in [5.74, 6) is 1.61. The van der Waals surface area contributed by atoms with Crippen LogP contribution in [0.3, 0.4) is 0 Å². The third-order valence-corrected chi connectivity index (χ3v) is 11.7. The van der Waals surface area contributed by atoms with Gasteiger partial charge in [-0.1, -0.05) is 109 Å². The van der Waals surface area contributed by atoms with Crippen LogP contribution in [0.15, 0.2) is 212 Å². The average molecular weight is 742 g/mol. The molecular formula is C54H35N3O. The minimum absolute atomic E-state index is 0.804. The summed E-state index contributed by atoms with van der Waals surface area (Å²) in [7, 11) is 0. The molecule has 0 aliphatic heterocycles. The highest BCUT2D eigenvalue weighted by molar-refractivity contribution is 6.12. The fourth-order valence-corrected chi connectivity index (χ4v) is 9.13. The van der Waals surface area contributed by atoms with Crippen LogP contribution in [-0.2, 0) is 0 Å². The minimum Gasteiger partial charge on any atom is -0.457 e. The highest BCUT2D eigenvalue weighted by Crippen LogP contribution is 2.40. The number of benzene rings is 9. The van der Waals surface area contributed by atoms with Gasteiger partial charge >= 0.3 is 0 Å². The van der Waals surface area contributed by atoms with Crippen LogP contribution < -0.4 is 4.74 Å². The monoisotopic (exact) mass is 741 g/mol. The van der Waals surface area contributed by atoms with Gasteiger partial charge in [0.05, 0.1) is 33.1 Å². The Morgan fingerprint density at radius 1 is 0.241 bits per heavy atom. The first-order valence-electron chi connectivity index (χ1n) is 19.8. The first kappa shape index (κ1) is 32.4. The molecule has 0 bridgehead atoms. The van der Waals surface area contributed by atoms with Crippen molar-refractivity contribution in [3.8, 4) is 39.7 Å². The van der Waals surface area contributed by atoms with E-state index in [1.165, 1.54) is 49.2 Å². The molecule has 58 heavy (non-hydrogen) atoms. The summed E-state index contributed by atoms with van der Waals surface area (Å²) in [6, 6.07) is 75.8. The quantitative estimate of drug-likeness (QED) is 0.166.